The van der Waals surface area contributed by atoms with Gasteiger partial charge in [-0.2, -0.15) is 11.2 Å². The molecule has 0 saturated carbocycles. The zero-order chi connectivity index (χ0) is 10.7. The maximum atomic E-state index is 9.24. The first kappa shape index (κ1) is 13.5. The van der Waals surface area contributed by atoms with Crippen LogP contribution in [0, 0.1) is 0 Å². The summed E-state index contributed by atoms with van der Waals surface area (Å²) in [6.45, 7) is 11.2. The highest BCUT2D eigenvalue weighted by Gasteiger charge is 2.35. The predicted octanol–water partition coefficient (Wildman–Crippen LogP) is 2.08. The summed E-state index contributed by atoms with van der Waals surface area (Å²) in [5, 5.41) is 18.3. The van der Waals surface area contributed by atoms with Crippen molar-refractivity contribution in [2.24, 2.45) is 0 Å². The summed E-state index contributed by atoms with van der Waals surface area (Å²) < 4.78 is 0. The van der Waals surface area contributed by atoms with Crippen LogP contribution in [0.15, 0.2) is 0 Å². The molecule has 2 nitrogen and oxygen atoms in total. The van der Waals surface area contributed by atoms with E-state index >= 15 is 0 Å². The third-order valence-corrected chi connectivity index (χ3v) is 12.0. The van der Waals surface area contributed by atoms with E-state index in [0.29, 0.717) is 10.8 Å². The molecule has 1 atom stereocenters. The maximum absolute atomic E-state index is 9.24. The van der Waals surface area contributed by atoms with Crippen molar-refractivity contribution >= 4 is 18.4 Å². The number of rotatable bonds is 4. The molecule has 0 unspecified atom stereocenters. The van der Waals surface area contributed by atoms with Gasteiger partial charge in [0.15, 0.2) is 0 Å². The van der Waals surface area contributed by atoms with Crippen LogP contribution >= 0.6 is 11.2 Å². The Labute approximate surface area is 86.4 Å². The second-order valence-electron chi connectivity index (χ2n) is 4.91. The van der Waals surface area contributed by atoms with Gasteiger partial charge < -0.3 is 10.2 Å². The van der Waals surface area contributed by atoms with Gasteiger partial charge in [-0.3, -0.25) is 0 Å². The van der Waals surface area contributed by atoms with E-state index in [9.17, 15) is 5.11 Å². The van der Waals surface area contributed by atoms with E-state index in [1.54, 1.807) is 0 Å². The standard InChI is InChI=1S/C9H22O2SSi/c1-9(2,3)13(4,5)12-7-8(11)6-10/h8,10-11H,6-7H2,1-5H3/t8-/m1/s1. The Morgan fingerprint density at radius 1 is 1.31 bits per heavy atom. The molecule has 0 saturated heterocycles. The summed E-state index contributed by atoms with van der Waals surface area (Å²) in [4.78, 5) is 0. The number of aliphatic hydroxyl groups is 2. The molecule has 4 heteroatoms. The number of aliphatic hydroxyl groups excluding tert-OH is 2. The van der Waals surface area contributed by atoms with Crippen molar-refractivity contribution in [2.45, 2.75) is 45.0 Å². The third-order valence-electron chi connectivity index (χ3n) is 2.65. The summed E-state index contributed by atoms with van der Waals surface area (Å²) in [6, 6.07) is 0. The molecule has 0 amide bonds. The highest BCUT2D eigenvalue weighted by atomic mass is 32.4. The predicted molar refractivity (Wildman–Crippen MR) is 62.7 cm³/mol. The molecule has 0 aromatic carbocycles. The van der Waals surface area contributed by atoms with Crippen molar-refractivity contribution in [1.82, 2.24) is 0 Å². The molecule has 0 fully saturated rings. The van der Waals surface area contributed by atoms with E-state index in [1.165, 1.54) is 0 Å². The molecule has 0 aliphatic heterocycles. The van der Waals surface area contributed by atoms with Crippen LogP contribution in [0.2, 0.25) is 18.1 Å². The van der Waals surface area contributed by atoms with Gasteiger partial charge in [0.25, 0.3) is 0 Å². The first-order valence-electron chi connectivity index (χ1n) is 4.63. The lowest BCUT2D eigenvalue weighted by Gasteiger charge is -2.36. The topological polar surface area (TPSA) is 40.5 Å². The summed E-state index contributed by atoms with van der Waals surface area (Å²) in [6.07, 6.45) is -0.556. The molecule has 0 spiro atoms. The Balaban J connectivity index is 4.04. The van der Waals surface area contributed by atoms with Crippen LogP contribution < -0.4 is 0 Å². The molecular weight excluding hydrogens is 200 g/mol. The van der Waals surface area contributed by atoms with E-state index in [0.717, 1.165) is 0 Å². The van der Waals surface area contributed by atoms with Crippen LogP contribution in [0.4, 0.5) is 0 Å². The zero-order valence-electron chi connectivity index (χ0n) is 9.29. The van der Waals surface area contributed by atoms with Gasteiger partial charge in [-0.1, -0.05) is 33.9 Å². The molecule has 0 aromatic heterocycles. The summed E-state index contributed by atoms with van der Waals surface area (Å²) in [5.74, 6) is 0.660. The molecular formula is C9H22O2SSi. The summed E-state index contributed by atoms with van der Waals surface area (Å²) in [7, 11) is -1.34. The Kier molecular flexibility index (Phi) is 5.00. The molecule has 13 heavy (non-hydrogen) atoms. The highest BCUT2D eigenvalue weighted by Crippen LogP contribution is 2.43. The van der Waals surface area contributed by atoms with Gasteiger partial charge in [0.05, 0.1) is 12.7 Å². The fourth-order valence-electron chi connectivity index (χ4n) is 0.574. The zero-order valence-corrected chi connectivity index (χ0v) is 11.1. The van der Waals surface area contributed by atoms with Crippen molar-refractivity contribution < 1.29 is 10.2 Å². The first-order chi connectivity index (χ1) is 5.70. The second kappa shape index (κ2) is 4.82. The van der Waals surface area contributed by atoms with Gasteiger partial charge in [0.1, 0.15) is 7.22 Å². The smallest absolute Gasteiger partial charge is 0.116 e. The summed E-state index contributed by atoms with van der Waals surface area (Å²) in [5.41, 5.74) is 0. The van der Waals surface area contributed by atoms with E-state index in [2.05, 4.69) is 33.9 Å². The molecule has 0 radical (unpaired) electrons. The van der Waals surface area contributed by atoms with Crippen LogP contribution in [0.1, 0.15) is 20.8 Å². The van der Waals surface area contributed by atoms with E-state index in [1.807, 2.05) is 11.2 Å². The number of hydrogen-bond donors (Lipinski definition) is 2. The molecule has 80 valence electrons. The monoisotopic (exact) mass is 222 g/mol. The van der Waals surface area contributed by atoms with Crippen LogP contribution in [0.3, 0.4) is 0 Å². The van der Waals surface area contributed by atoms with Gasteiger partial charge in [0, 0.05) is 5.75 Å². The quantitative estimate of drug-likeness (QED) is 0.716. The van der Waals surface area contributed by atoms with Crippen molar-refractivity contribution in [1.29, 1.82) is 0 Å². The van der Waals surface area contributed by atoms with Gasteiger partial charge >= 0.3 is 0 Å². The molecule has 0 aliphatic carbocycles. The van der Waals surface area contributed by atoms with Crippen LogP contribution in [0.25, 0.3) is 0 Å². The average molecular weight is 222 g/mol. The molecule has 0 bridgehead atoms. The Bertz CT molecular complexity index is 154. The third kappa shape index (κ3) is 4.49. The maximum Gasteiger partial charge on any atom is 0.116 e. The van der Waals surface area contributed by atoms with Gasteiger partial charge in [0.2, 0.25) is 0 Å². The minimum Gasteiger partial charge on any atom is -0.394 e. The Morgan fingerprint density at radius 3 is 2.08 bits per heavy atom. The first-order valence-corrected chi connectivity index (χ1v) is 9.34. The highest BCUT2D eigenvalue weighted by molar-refractivity contribution is 8.29. The van der Waals surface area contributed by atoms with Crippen molar-refractivity contribution in [3.63, 3.8) is 0 Å². The SMILES string of the molecule is CC(C)(C)[Si](C)(C)SC[C@H](O)CO. The normalized spacial score (nSPS) is 15.9. The fourth-order valence-corrected chi connectivity index (χ4v) is 4.85. The average Bonchev–Trinajstić information content (AvgIpc) is 1.98. The molecule has 0 aliphatic rings. The minimum atomic E-state index is -1.34. The van der Waals surface area contributed by atoms with Crippen LogP contribution in [0.5, 0.6) is 0 Å². The van der Waals surface area contributed by atoms with Gasteiger partial charge in [-0.05, 0) is 5.04 Å². The molecule has 0 rings (SSSR count). The lowest BCUT2D eigenvalue weighted by atomic mass is 10.2. The van der Waals surface area contributed by atoms with E-state index in [4.69, 9.17) is 5.11 Å². The minimum absolute atomic E-state index is 0.123. The van der Waals surface area contributed by atoms with Crippen LogP contribution in [-0.2, 0) is 0 Å². The largest absolute Gasteiger partial charge is 0.394 e. The van der Waals surface area contributed by atoms with E-state index < -0.39 is 13.3 Å². The molecule has 0 heterocycles. The fraction of sp³-hybridized carbons (Fsp3) is 1.00. The van der Waals surface area contributed by atoms with Crippen LogP contribution in [-0.4, -0.2) is 35.9 Å². The number of hydrogen-bond acceptors (Lipinski definition) is 3. The van der Waals surface area contributed by atoms with Gasteiger partial charge in [-0.25, -0.2) is 0 Å². The van der Waals surface area contributed by atoms with E-state index in [-0.39, 0.29) is 6.61 Å². The Morgan fingerprint density at radius 2 is 1.77 bits per heavy atom. The lowest BCUT2D eigenvalue weighted by Crippen LogP contribution is -2.35. The van der Waals surface area contributed by atoms with Crippen molar-refractivity contribution in [3.8, 4) is 0 Å². The van der Waals surface area contributed by atoms with Gasteiger partial charge in [-0.15, -0.1) is 0 Å². The molecule has 2 N–H and O–H groups in total. The lowest BCUT2D eigenvalue weighted by molar-refractivity contribution is 0.114. The Hall–Kier alpha value is 0.487. The van der Waals surface area contributed by atoms with Crippen molar-refractivity contribution in [3.05, 3.63) is 0 Å². The van der Waals surface area contributed by atoms with Crippen molar-refractivity contribution in [2.75, 3.05) is 12.4 Å². The second-order valence-corrected chi connectivity index (χ2v) is 14.0. The molecule has 0 aromatic rings. The summed E-state index contributed by atoms with van der Waals surface area (Å²) >= 11 is 1.85.